The van der Waals surface area contributed by atoms with E-state index in [-0.39, 0.29) is 0 Å². The fourth-order valence-corrected chi connectivity index (χ4v) is 4.41. The van der Waals surface area contributed by atoms with Crippen molar-refractivity contribution in [2.45, 2.75) is 168 Å². The number of aliphatic hydroxyl groups is 1. The third kappa shape index (κ3) is 45.1. The zero-order chi connectivity index (χ0) is 30.9. The van der Waals surface area contributed by atoms with E-state index in [1.54, 1.807) is 0 Å². The van der Waals surface area contributed by atoms with Gasteiger partial charge in [0.05, 0.1) is 0 Å². The molecule has 0 atom stereocenters. The van der Waals surface area contributed by atoms with Crippen molar-refractivity contribution in [3.8, 4) is 0 Å². The van der Waals surface area contributed by atoms with Crippen molar-refractivity contribution in [2.24, 2.45) is 0 Å². The number of hydrogen-bond acceptors (Lipinski definition) is 1. The second kappa shape index (κ2) is 43.6. The fourth-order valence-electron chi connectivity index (χ4n) is 4.41. The highest BCUT2D eigenvalue weighted by molar-refractivity contribution is 5.02. The molecule has 0 aliphatic heterocycles. The highest BCUT2D eigenvalue weighted by Gasteiger charge is 1.91. The molecule has 0 bridgehead atoms. The van der Waals surface area contributed by atoms with Gasteiger partial charge in [0.25, 0.3) is 0 Å². The van der Waals surface area contributed by atoms with Gasteiger partial charge in [-0.05, 0) is 70.6 Å². The predicted octanol–water partition coefficient (Wildman–Crippen LogP) is 13.9. The second-order valence-corrected chi connectivity index (χ2v) is 11.2. The molecular weight excluding hydrogens is 508 g/mol. The summed E-state index contributed by atoms with van der Waals surface area (Å²) in [4.78, 5) is 0. The zero-order valence-corrected chi connectivity index (χ0v) is 28.5. The van der Waals surface area contributed by atoms with Crippen LogP contribution in [0.25, 0.3) is 0 Å². The maximum atomic E-state index is 8.63. The monoisotopic (exact) mass is 581 g/mol. The van der Waals surface area contributed by atoms with E-state index in [0.717, 1.165) is 44.9 Å². The van der Waals surface area contributed by atoms with E-state index < -0.39 is 0 Å². The van der Waals surface area contributed by atoms with Crippen molar-refractivity contribution >= 4 is 0 Å². The van der Waals surface area contributed by atoms with Gasteiger partial charge in [0.1, 0.15) is 0 Å². The molecule has 0 radical (unpaired) electrons. The smallest absolute Gasteiger partial charge is 0.0431 e. The molecule has 1 N–H and O–H groups in total. The van der Waals surface area contributed by atoms with Gasteiger partial charge in [0.15, 0.2) is 0 Å². The molecule has 0 fully saturated rings. The van der Waals surface area contributed by atoms with Crippen molar-refractivity contribution in [2.75, 3.05) is 6.61 Å². The first-order valence-electron chi connectivity index (χ1n) is 18.0. The van der Waals surface area contributed by atoms with Crippen LogP contribution in [0.4, 0.5) is 0 Å². The molecule has 0 aliphatic rings. The maximum Gasteiger partial charge on any atom is 0.0431 e. The van der Waals surface area contributed by atoms with Gasteiger partial charge in [-0.15, -0.1) is 0 Å². The molecule has 0 aromatic heterocycles. The van der Waals surface area contributed by atoms with E-state index >= 15 is 0 Å². The lowest BCUT2D eigenvalue weighted by atomic mass is 10.1. The molecule has 0 aromatic carbocycles. The molecule has 0 unspecified atom stereocenters. The largest absolute Gasteiger partial charge is 0.396 e. The Balaban J connectivity index is 0. The first-order chi connectivity index (χ1) is 20.8. The highest BCUT2D eigenvalue weighted by Crippen LogP contribution is 2.10. The van der Waals surface area contributed by atoms with E-state index in [0.29, 0.717) is 6.61 Å². The minimum atomic E-state index is 0.360. The third-order valence-electron chi connectivity index (χ3n) is 7.03. The molecule has 0 saturated heterocycles. The van der Waals surface area contributed by atoms with E-state index in [1.807, 2.05) is 0 Å². The van der Waals surface area contributed by atoms with Crippen LogP contribution in [-0.4, -0.2) is 11.7 Å². The minimum absolute atomic E-state index is 0.360. The Kier molecular flexibility index (Phi) is 43.9. The summed E-state index contributed by atoms with van der Waals surface area (Å²) in [6, 6.07) is 0. The van der Waals surface area contributed by atoms with E-state index in [4.69, 9.17) is 5.11 Å². The van der Waals surface area contributed by atoms with Crippen LogP contribution in [0.5, 0.6) is 0 Å². The lowest BCUT2D eigenvalue weighted by Gasteiger charge is -2.00. The first kappa shape index (κ1) is 42.3. The lowest BCUT2D eigenvalue weighted by Crippen LogP contribution is -1.84. The van der Waals surface area contributed by atoms with Crippen molar-refractivity contribution in [1.82, 2.24) is 0 Å². The molecule has 0 heterocycles. The summed E-state index contributed by atoms with van der Waals surface area (Å²) in [5, 5.41) is 8.63. The Bertz CT molecular complexity index is 673. The second-order valence-electron chi connectivity index (χ2n) is 11.2. The van der Waals surface area contributed by atoms with Crippen LogP contribution in [0, 0.1) is 0 Å². The Hall–Kier alpha value is -1.86. The van der Waals surface area contributed by atoms with Crippen LogP contribution in [0.1, 0.15) is 168 Å². The Morgan fingerprint density at radius 1 is 0.333 bits per heavy atom. The maximum absolute atomic E-state index is 8.63. The van der Waals surface area contributed by atoms with Gasteiger partial charge in [0.2, 0.25) is 0 Å². The Morgan fingerprint density at radius 3 is 1.14 bits per heavy atom. The highest BCUT2D eigenvalue weighted by atomic mass is 16.2. The molecule has 42 heavy (non-hydrogen) atoms. The minimum Gasteiger partial charge on any atom is -0.396 e. The average Bonchev–Trinajstić information content (AvgIpc) is 3.00. The molecule has 0 amide bonds. The van der Waals surface area contributed by atoms with E-state index in [9.17, 15) is 0 Å². The molecule has 0 spiro atoms. The van der Waals surface area contributed by atoms with Crippen molar-refractivity contribution in [1.29, 1.82) is 0 Å². The van der Waals surface area contributed by atoms with Crippen LogP contribution >= 0.6 is 0 Å². The summed E-state index contributed by atoms with van der Waals surface area (Å²) in [5.74, 6) is 0. The summed E-state index contributed by atoms with van der Waals surface area (Å²) in [6.45, 7) is 6.97. The zero-order valence-electron chi connectivity index (χ0n) is 28.5. The van der Waals surface area contributed by atoms with Gasteiger partial charge < -0.3 is 5.11 Å². The summed E-state index contributed by atoms with van der Waals surface area (Å²) < 4.78 is 0. The molecule has 1 nitrogen and oxygen atoms in total. The molecular formula is C41H72O. The van der Waals surface area contributed by atoms with Gasteiger partial charge in [-0.25, -0.2) is 0 Å². The van der Waals surface area contributed by atoms with Crippen LogP contribution in [0.3, 0.4) is 0 Å². The lowest BCUT2D eigenvalue weighted by molar-refractivity contribution is 0.282. The summed E-state index contributed by atoms with van der Waals surface area (Å²) >= 11 is 0. The standard InChI is InChI=1S/C25H42.C16H30O/c1-3-5-7-9-11-13-15-17-19-21-23-25-24-22-20-18-16-14-12-10-8-6-4-2;1-2-3-4-5-6-7-8-9-10-11-12-13-14-15-16-17/h5,7,11,13,17,19-20,22-23,25H,3-4,6,8-10,12,14-16,18,21,24H2,1-2H3;3-6,17H,2,7-16H2,1H3/b7-5-,13-11-,19-17-,22-20-,25-23-;4-3-,6-5-. The topological polar surface area (TPSA) is 20.2 Å². The van der Waals surface area contributed by atoms with Crippen molar-refractivity contribution in [3.63, 3.8) is 0 Å². The van der Waals surface area contributed by atoms with Gasteiger partial charge in [-0.1, -0.05) is 183 Å². The number of allylic oxidation sites excluding steroid dienone is 14. The fraction of sp³-hybridized carbons (Fsp3) is 0.659. The Labute approximate surface area is 264 Å². The van der Waals surface area contributed by atoms with Crippen molar-refractivity contribution in [3.05, 3.63) is 85.1 Å². The van der Waals surface area contributed by atoms with Crippen LogP contribution < -0.4 is 0 Å². The number of hydrogen-bond donors (Lipinski definition) is 1. The van der Waals surface area contributed by atoms with Crippen LogP contribution in [0.2, 0.25) is 0 Å². The average molecular weight is 581 g/mol. The first-order valence-corrected chi connectivity index (χ1v) is 18.0. The predicted molar refractivity (Wildman–Crippen MR) is 194 cm³/mol. The summed E-state index contributed by atoms with van der Waals surface area (Å²) in [7, 11) is 0. The number of rotatable bonds is 29. The molecule has 0 rings (SSSR count). The van der Waals surface area contributed by atoms with Crippen molar-refractivity contribution < 1.29 is 5.11 Å². The number of aliphatic hydroxyl groups excluding tert-OH is 1. The van der Waals surface area contributed by atoms with Crippen LogP contribution in [-0.2, 0) is 0 Å². The number of unbranched alkanes of at least 4 members (excludes halogenated alkanes) is 15. The van der Waals surface area contributed by atoms with Gasteiger partial charge in [-0.2, -0.15) is 0 Å². The Morgan fingerprint density at radius 2 is 0.690 bits per heavy atom. The quantitative estimate of drug-likeness (QED) is 0.0530. The van der Waals surface area contributed by atoms with Gasteiger partial charge in [0, 0.05) is 6.61 Å². The molecule has 0 aromatic rings. The molecule has 0 aliphatic carbocycles. The van der Waals surface area contributed by atoms with Crippen LogP contribution in [0.15, 0.2) is 85.1 Å². The van der Waals surface area contributed by atoms with E-state index in [2.05, 4.69) is 106 Å². The van der Waals surface area contributed by atoms with E-state index in [1.165, 1.54) is 103 Å². The molecule has 1 heteroatoms. The van der Waals surface area contributed by atoms with Gasteiger partial charge >= 0.3 is 0 Å². The SMILES string of the molecule is CC/C=C\C/C=C\C/C=C\C/C=C\C/C=C\CCCCCCCCC.CC/C=C\C=C/CCCCCCCCCCO. The molecule has 242 valence electrons. The summed E-state index contributed by atoms with van der Waals surface area (Å²) in [6.07, 6.45) is 60.4. The van der Waals surface area contributed by atoms with Gasteiger partial charge in [-0.3, -0.25) is 0 Å². The molecule has 0 saturated carbocycles. The third-order valence-corrected chi connectivity index (χ3v) is 7.03. The normalized spacial score (nSPS) is 12.5. The summed E-state index contributed by atoms with van der Waals surface area (Å²) in [5.41, 5.74) is 0.